The van der Waals surface area contributed by atoms with Crippen LogP contribution in [0.5, 0.6) is 0 Å². The van der Waals surface area contributed by atoms with Crippen molar-refractivity contribution in [2.45, 2.75) is 25.8 Å². The molecule has 0 radical (unpaired) electrons. The molecule has 1 saturated heterocycles. The predicted molar refractivity (Wildman–Crippen MR) is 121 cm³/mol. The van der Waals surface area contributed by atoms with Crippen LogP contribution in [-0.4, -0.2) is 38.1 Å². The first-order valence-electron chi connectivity index (χ1n) is 10.3. The lowest BCUT2D eigenvalue weighted by Crippen LogP contribution is -2.27. The summed E-state index contributed by atoms with van der Waals surface area (Å²) in [7, 11) is 0. The van der Waals surface area contributed by atoms with Crippen molar-refractivity contribution in [1.29, 1.82) is 0 Å². The maximum atomic E-state index is 11.4. The number of hydrogen-bond acceptors (Lipinski definition) is 6. The van der Waals surface area contributed by atoms with Gasteiger partial charge < -0.3 is 16.0 Å². The van der Waals surface area contributed by atoms with Crippen LogP contribution >= 0.6 is 0 Å². The number of anilines is 3. The van der Waals surface area contributed by atoms with Gasteiger partial charge in [0.05, 0.1) is 5.69 Å². The third kappa shape index (κ3) is 3.68. The Morgan fingerprint density at radius 3 is 2.74 bits per heavy atom. The molecule has 3 aromatic heterocycles. The van der Waals surface area contributed by atoms with Crippen LogP contribution in [0, 0.1) is 0 Å². The van der Waals surface area contributed by atoms with Gasteiger partial charge in [0.2, 0.25) is 5.91 Å². The lowest BCUT2D eigenvalue weighted by molar-refractivity contribution is 0.100. The molecule has 0 saturated carbocycles. The molecule has 156 valence electrons. The van der Waals surface area contributed by atoms with Gasteiger partial charge in [-0.25, -0.2) is 14.5 Å². The molecule has 0 aliphatic carbocycles. The fourth-order valence-corrected chi connectivity index (χ4v) is 4.07. The van der Waals surface area contributed by atoms with Crippen LogP contribution in [0.4, 0.5) is 17.3 Å². The van der Waals surface area contributed by atoms with Crippen molar-refractivity contribution >= 4 is 28.9 Å². The van der Waals surface area contributed by atoms with Crippen molar-refractivity contribution in [1.82, 2.24) is 19.6 Å². The number of pyridine rings is 2. The Bertz CT molecular complexity index is 1250. The summed E-state index contributed by atoms with van der Waals surface area (Å²) in [5, 5.41) is 7.72. The molecule has 3 N–H and O–H groups in total. The van der Waals surface area contributed by atoms with Gasteiger partial charge in [0, 0.05) is 29.9 Å². The third-order valence-corrected chi connectivity index (χ3v) is 5.72. The lowest BCUT2D eigenvalue weighted by Gasteiger charge is -2.23. The highest BCUT2D eigenvalue weighted by Crippen LogP contribution is 2.29. The van der Waals surface area contributed by atoms with Crippen LogP contribution in [0.1, 0.15) is 30.1 Å². The summed E-state index contributed by atoms with van der Waals surface area (Å²) in [5.41, 5.74) is 9.21. The van der Waals surface area contributed by atoms with E-state index >= 15 is 0 Å². The van der Waals surface area contributed by atoms with Crippen molar-refractivity contribution in [2.24, 2.45) is 5.73 Å². The minimum Gasteiger partial charge on any atom is -0.366 e. The standard InChI is InChI=1S/C23H23N7O/c1-15-4-3-11-29(15)21-6-2-5-20(28-21)27-19-12-18(13-30-23(19)25-14-26-30)16-7-9-17(10-8-16)22(24)31/h2,5-10,12-15H,3-4,11H2,1H3,(H2,24,31)(H,27,28). The molecule has 1 aromatic carbocycles. The fourth-order valence-electron chi connectivity index (χ4n) is 4.07. The largest absolute Gasteiger partial charge is 0.366 e. The Hall–Kier alpha value is -3.94. The Labute approximate surface area is 179 Å². The number of nitrogens with one attached hydrogen (secondary N) is 1. The Morgan fingerprint density at radius 2 is 2.00 bits per heavy atom. The summed E-state index contributed by atoms with van der Waals surface area (Å²) in [5.74, 6) is 1.28. The van der Waals surface area contributed by atoms with Crippen LogP contribution in [0.3, 0.4) is 0 Å². The van der Waals surface area contributed by atoms with E-state index in [1.54, 1.807) is 16.6 Å². The number of nitrogens with two attached hydrogens (primary N) is 1. The maximum Gasteiger partial charge on any atom is 0.248 e. The van der Waals surface area contributed by atoms with Gasteiger partial charge in [-0.15, -0.1) is 0 Å². The van der Waals surface area contributed by atoms with E-state index in [-0.39, 0.29) is 0 Å². The first kappa shape index (κ1) is 19.0. The second kappa shape index (κ2) is 7.71. The molecule has 8 nitrogen and oxygen atoms in total. The van der Waals surface area contributed by atoms with E-state index in [0.717, 1.165) is 35.0 Å². The summed E-state index contributed by atoms with van der Waals surface area (Å²) in [6.45, 7) is 3.27. The van der Waals surface area contributed by atoms with Crippen LogP contribution in [0.15, 0.2) is 61.1 Å². The molecule has 4 heterocycles. The van der Waals surface area contributed by atoms with Crippen molar-refractivity contribution in [2.75, 3.05) is 16.8 Å². The molecule has 1 amide bonds. The molecule has 4 aromatic rings. The Balaban J connectivity index is 1.50. The number of benzene rings is 1. The molecule has 1 fully saturated rings. The first-order valence-corrected chi connectivity index (χ1v) is 10.3. The second-order valence-electron chi connectivity index (χ2n) is 7.80. The number of rotatable bonds is 5. The van der Waals surface area contributed by atoms with Gasteiger partial charge in [-0.2, -0.15) is 5.10 Å². The minimum absolute atomic E-state index is 0.445. The molecule has 0 spiro atoms. The summed E-state index contributed by atoms with van der Waals surface area (Å²) in [4.78, 5) is 22.9. The van der Waals surface area contributed by atoms with Crippen LogP contribution in [-0.2, 0) is 0 Å². The zero-order chi connectivity index (χ0) is 21.4. The molecule has 1 aliphatic rings. The average Bonchev–Trinajstić information content (AvgIpc) is 3.43. The summed E-state index contributed by atoms with van der Waals surface area (Å²) >= 11 is 0. The van der Waals surface area contributed by atoms with Gasteiger partial charge in [-0.3, -0.25) is 4.79 Å². The van der Waals surface area contributed by atoms with Gasteiger partial charge in [0.25, 0.3) is 0 Å². The molecule has 8 heteroatoms. The van der Waals surface area contributed by atoms with Gasteiger partial charge in [0.1, 0.15) is 18.0 Å². The van der Waals surface area contributed by atoms with Gasteiger partial charge >= 0.3 is 0 Å². The molecule has 1 aliphatic heterocycles. The van der Waals surface area contributed by atoms with Crippen LogP contribution < -0.4 is 16.0 Å². The number of amides is 1. The van der Waals surface area contributed by atoms with E-state index < -0.39 is 5.91 Å². The summed E-state index contributed by atoms with van der Waals surface area (Å²) in [6.07, 6.45) is 5.81. The van der Waals surface area contributed by atoms with E-state index in [0.29, 0.717) is 17.3 Å². The zero-order valence-corrected chi connectivity index (χ0v) is 17.2. The number of carbonyl (C=O) groups excluding carboxylic acids is 1. The number of carbonyl (C=O) groups is 1. The van der Waals surface area contributed by atoms with E-state index in [9.17, 15) is 4.79 Å². The van der Waals surface area contributed by atoms with Gasteiger partial charge in [-0.05, 0) is 55.7 Å². The van der Waals surface area contributed by atoms with E-state index in [1.165, 1.54) is 19.2 Å². The van der Waals surface area contributed by atoms with Crippen molar-refractivity contribution in [3.8, 4) is 11.1 Å². The van der Waals surface area contributed by atoms with E-state index in [1.807, 2.05) is 36.5 Å². The van der Waals surface area contributed by atoms with E-state index in [2.05, 4.69) is 33.3 Å². The Kier molecular flexibility index (Phi) is 4.74. The topological polar surface area (TPSA) is 101 Å². The monoisotopic (exact) mass is 413 g/mol. The van der Waals surface area contributed by atoms with E-state index in [4.69, 9.17) is 10.7 Å². The number of aromatic nitrogens is 4. The normalized spacial score (nSPS) is 16.0. The van der Waals surface area contributed by atoms with Crippen LogP contribution in [0.25, 0.3) is 16.8 Å². The van der Waals surface area contributed by atoms with Crippen LogP contribution in [0.2, 0.25) is 0 Å². The predicted octanol–water partition coefficient (Wildman–Crippen LogP) is 3.62. The second-order valence-corrected chi connectivity index (χ2v) is 7.80. The molecular weight excluding hydrogens is 390 g/mol. The minimum atomic E-state index is -0.445. The first-order chi connectivity index (χ1) is 15.1. The SMILES string of the molecule is CC1CCCN1c1cccc(Nc2cc(-c3ccc(C(N)=O)cc3)cn3ncnc23)n1. The number of fused-ring (bicyclic) bond motifs is 1. The highest BCUT2D eigenvalue weighted by atomic mass is 16.1. The van der Waals surface area contributed by atoms with Crippen molar-refractivity contribution in [3.05, 3.63) is 66.6 Å². The number of hydrogen-bond donors (Lipinski definition) is 2. The molecule has 1 unspecified atom stereocenters. The number of primary amides is 1. The van der Waals surface area contributed by atoms with Crippen molar-refractivity contribution in [3.63, 3.8) is 0 Å². The highest BCUT2D eigenvalue weighted by molar-refractivity contribution is 5.93. The lowest BCUT2D eigenvalue weighted by atomic mass is 10.0. The maximum absolute atomic E-state index is 11.4. The summed E-state index contributed by atoms with van der Waals surface area (Å²) < 4.78 is 1.73. The third-order valence-electron chi connectivity index (χ3n) is 5.72. The van der Waals surface area contributed by atoms with Gasteiger partial charge in [-0.1, -0.05) is 18.2 Å². The fraction of sp³-hybridized carbons (Fsp3) is 0.217. The molecule has 0 bridgehead atoms. The van der Waals surface area contributed by atoms with Crippen molar-refractivity contribution < 1.29 is 4.79 Å². The highest BCUT2D eigenvalue weighted by Gasteiger charge is 2.21. The number of nitrogens with zero attached hydrogens (tertiary/aromatic N) is 5. The van der Waals surface area contributed by atoms with Gasteiger partial charge in [0.15, 0.2) is 5.65 Å². The molecule has 1 atom stereocenters. The quantitative estimate of drug-likeness (QED) is 0.518. The zero-order valence-electron chi connectivity index (χ0n) is 17.2. The average molecular weight is 413 g/mol. The molecule has 5 rings (SSSR count). The smallest absolute Gasteiger partial charge is 0.248 e. The molecular formula is C23H23N7O. The molecule has 31 heavy (non-hydrogen) atoms. The summed E-state index contributed by atoms with van der Waals surface area (Å²) in [6, 6.07) is 15.7. The Morgan fingerprint density at radius 1 is 1.16 bits per heavy atom.